The van der Waals surface area contributed by atoms with E-state index in [-0.39, 0.29) is 12.4 Å². The van der Waals surface area contributed by atoms with Crippen molar-refractivity contribution in [2.75, 3.05) is 6.61 Å². The Morgan fingerprint density at radius 3 is 2.88 bits per heavy atom. The molecule has 1 aromatic carbocycles. The van der Waals surface area contributed by atoms with E-state index in [1.807, 2.05) is 0 Å². The molecule has 1 aliphatic carbocycles. The summed E-state index contributed by atoms with van der Waals surface area (Å²) in [6.45, 7) is 0.959. The molecule has 1 aliphatic rings. The largest absolute Gasteiger partial charge is 0.409 e. The van der Waals surface area contributed by atoms with Gasteiger partial charge in [-0.3, -0.25) is 0 Å². The zero-order valence-electron chi connectivity index (χ0n) is 9.40. The molecule has 0 saturated heterocycles. The number of oxime groups is 1. The third-order valence-corrected chi connectivity index (χ3v) is 2.76. The van der Waals surface area contributed by atoms with E-state index in [2.05, 4.69) is 5.16 Å². The number of hydrogen-bond acceptors (Lipinski definition) is 3. The molecule has 1 aromatic rings. The highest BCUT2D eigenvalue weighted by molar-refractivity contribution is 5.97. The van der Waals surface area contributed by atoms with Gasteiger partial charge in [-0.2, -0.15) is 0 Å². The number of amidine groups is 1. The summed E-state index contributed by atoms with van der Waals surface area (Å²) in [6.07, 6.45) is 2.43. The molecule has 0 radical (unpaired) electrons. The van der Waals surface area contributed by atoms with Crippen LogP contribution >= 0.6 is 0 Å². The first-order chi connectivity index (χ1) is 8.20. The minimum Gasteiger partial charge on any atom is -0.409 e. The van der Waals surface area contributed by atoms with Crippen molar-refractivity contribution in [3.8, 4) is 0 Å². The van der Waals surface area contributed by atoms with Gasteiger partial charge in [0.15, 0.2) is 5.84 Å². The molecule has 0 unspecified atom stereocenters. The SMILES string of the molecule is N/C(=N\O)c1ccc(COCC2CC2)c(F)c1. The van der Waals surface area contributed by atoms with Gasteiger partial charge in [0.1, 0.15) is 5.82 Å². The molecule has 0 atom stereocenters. The molecule has 0 aromatic heterocycles. The van der Waals surface area contributed by atoms with Crippen molar-refractivity contribution in [1.82, 2.24) is 0 Å². The van der Waals surface area contributed by atoms with E-state index in [9.17, 15) is 4.39 Å². The lowest BCUT2D eigenvalue weighted by atomic mass is 10.1. The second-order valence-electron chi connectivity index (χ2n) is 4.25. The Morgan fingerprint density at radius 1 is 1.53 bits per heavy atom. The van der Waals surface area contributed by atoms with Crippen LogP contribution in [-0.4, -0.2) is 17.6 Å². The molecule has 1 fully saturated rings. The lowest BCUT2D eigenvalue weighted by Crippen LogP contribution is -2.13. The smallest absolute Gasteiger partial charge is 0.170 e. The predicted molar refractivity (Wildman–Crippen MR) is 61.3 cm³/mol. The molecule has 0 aliphatic heterocycles. The highest BCUT2D eigenvalue weighted by Gasteiger charge is 2.21. The van der Waals surface area contributed by atoms with E-state index in [1.165, 1.54) is 18.9 Å². The fourth-order valence-electron chi connectivity index (χ4n) is 1.50. The van der Waals surface area contributed by atoms with Crippen LogP contribution in [0.5, 0.6) is 0 Å². The molecule has 17 heavy (non-hydrogen) atoms. The molecule has 0 bridgehead atoms. The van der Waals surface area contributed by atoms with Gasteiger partial charge in [0.25, 0.3) is 0 Å². The third-order valence-electron chi connectivity index (χ3n) is 2.76. The Balaban J connectivity index is 1.97. The van der Waals surface area contributed by atoms with Crippen LogP contribution in [0.3, 0.4) is 0 Å². The van der Waals surface area contributed by atoms with Crippen molar-refractivity contribution in [1.29, 1.82) is 0 Å². The number of benzene rings is 1. The van der Waals surface area contributed by atoms with E-state index in [4.69, 9.17) is 15.7 Å². The molecule has 4 nitrogen and oxygen atoms in total. The second kappa shape index (κ2) is 5.14. The predicted octanol–water partition coefficient (Wildman–Crippen LogP) is 1.85. The van der Waals surface area contributed by atoms with Crippen LogP contribution < -0.4 is 5.73 Å². The summed E-state index contributed by atoms with van der Waals surface area (Å²) in [6, 6.07) is 4.44. The van der Waals surface area contributed by atoms with E-state index >= 15 is 0 Å². The van der Waals surface area contributed by atoms with Crippen LogP contribution in [0, 0.1) is 11.7 Å². The molecule has 92 valence electrons. The van der Waals surface area contributed by atoms with Gasteiger partial charge >= 0.3 is 0 Å². The van der Waals surface area contributed by atoms with Crippen LogP contribution in [0.2, 0.25) is 0 Å². The molecule has 3 N–H and O–H groups in total. The van der Waals surface area contributed by atoms with Gasteiger partial charge in [-0.1, -0.05) is 17.3 Å². The average molecular weight is 238 g/mol. The zero-order chi connectivity index (χ0) is 12.3. The van der Waals surface area contributed by atoms with Gasteiger partial charge in [-0.05, 0) is 24.8 Å². The summed E-state index contributed by atoms with van der Waals surface area (Å²) in [5.41, 5.74) is 6.21. The standard InChI is InChI=1S/C12H15FN2O2/c13-11-5-9(12(14)15-16)3-4-10(11)7-17-6-8-1-2-8/h3-5,8,16H,1-2,6-7H2,(H2,14,15). The molecule has 0 spiro atoms. The molecule has 0 amide bonds. The molecular formula is C12H15FN2O2. The minimum atomic E-state index is -0.398. The van der Waals surface area contributed by atoms with Gasteiger partial charge in [0.2, 0.25) is 0 Å². The fourth-order valence-corrected chi connectivity index (χ4v) is 1.50. The van der Waals surface area contributed by atoms with Crippen LogP contribution in [0.4, 0.5) is 4.39 Å². The van der Waals surface area contributed by atoms with E-state index < -0.39 is 5.82 Å². The van der Waals surface area contributed by atoms with Crippen molar-refractivity contribution in [2.24, 2.45) is 16.8 Å². The first-order valence-electron chi connectivity index (χ1n) is 5.54. The maximum atomic E-state index is 13.6. The van der Waals surface area contributed by atoms with Crippen LogP contribution in [0.15, 0.2) is 23.4 Å². The summed E-state index contributed by atoms with van der Waals surface area (Å²) in [5, 5.41) is 11.3. The second-order valence-corrected chi connectivity index (χ2v) is 4.25. The molecule has 0 heterocycles. The Morgan fingerprint density at radius 2 is 2.29 bits per heavy atom. The summed E-state index contributed by atoms with van der Waals surface area (Å²) in [7, 11) is 0. The lowest BCUT2D eigenvalue weighted by molar-refractivity contribution is 0.109. The van der Waals surface area contributed by atoms with Crippen molar-refractivity contribution < 1.29 is 14.3 Å². The zero-order valence-corrected chi connectivity index (χ0v) is 9.40. The quantitative estimate of drug-likeness (QED) is 0.356. The van der Waals surface area contributed by atoms with E-state index in [1.54, 1.807) is 12.1 Å². The number of ether oxygens (including phenoxy) is 1. The number of hydrogen-bond donors (Lipinski definition) is 2. The van der Waals surface area contributed by atoms with Crippen molar-refractivity contribution in [2.45, 2.75) is 19.4 Å². The monoisotopic (exact) mass is 238 g/mol. The summed E-state index contributed by atoms with van der Waals surface area (Å²) >= 11 is 0. The minimum absolute atomic E-state index is 0.102. The lowest BCUT2D eigenvalue weighted by Gasteiger charge is -2.06. The van der Waals surface area contributed by atoms with Gasteiger partial charge in [0.05, 0.1) is 6.61 Å². The Labute approximate surface area is 98.9 Å². The fraction of sp³-hybridized carbons (Fsp3) is 0.417. The Kier molecular flexibility index (Phi) is 3.58. The molecule has 2 rings (SSSR count). The highest BCUT2D eigenvalue weighted by Crippen LogP contribution is 2.29. The topological polar surface area (TPSA) is 67.8 Å². The number of rotatable bonds is 5. The van der Waals surface area contributed by atoms with Crippen LogP contribution in [0.1, 0.15) is 24.0 Å². The van der Waals surface area contributed by atoms with Crippen LogP contribution in [0.25, 0.3) is 0 Å². The third kappa shape index (κ3) is 3.17. The van der Waals surface area contributed by atoms with Gasteiger partial charge in [-0.25, -0.2) is 4.39 Å². The highest BCUT2D eigenvalue weighted by atomic mass is 19.1. The first kappa shape index (κ1) is 11.9. The summed E-state index contributed by atoms with van der Waals surface area (Å²) in [4.78, 5) is 0. The van der Waals surface area contributed by atoms with Crippen molar-refractivity contribution in [3.63, 3.8) is 0 Å². The van der Waals surface area contributed by atoms with E-state index in [0.717, 1.165) is 0 Å². The Bertz CT molecular complexity index is 431. The summed E-state index contributed by atoms with van der Waals surface area (Å²) in [5.74, 6) is 0.161. The molecule has 5 heteroatoms. The van der Waals surface area contributed by atoms with Gasteiger partial charge in [0, 0.05) is 17.7 Å². The summed E-state index contributed by atoms with van der Waals surface area (Å²) < 4.78 is 19.0. The van der Waals surface area contributed by atoms with E-state index in [0.29, 0.717) is 23.7 Å². The average Bonchev–Trinajstić information content (AvgIpc) is 3.14. The maximum Gasteiger partial charge on any atom is 0.170 e. The molecule has 1 saturated carbocycles. The van der Waals surface area contributed by atoms with Crippen molar-refractivity contribution in [3.05, 3.63) is 35.1 Å². The van der Waals surface area contributed by atoms with Crippen LogP contribution in [-0.2, 0) is 11.3 Å². The van der Waals surface area contributed by atoms with Gasteiger partial charge in [-0.15, -0.1) is 0 Å². The molecular weight excluding hydrogens is 223 g/mol. The Hall–Kier alpha value is -1.62. The first-order valence-corrected chi connectivity index (χ1v) is 5.54. The van der Waals surface area contributed by atoms with Gasteiger partial charge < -0.3 is 15.7 Å². The van der Waals surface area contributed by atoms with Crippen molar-refractivity contribution >= 4 is 5.84 Å². The maximum absolute atomic E-state index is 13.6. The number of nitrogens with zero attached hydrogens (tertiary/aromatic N) is 1. The normalized spacial score (nSPS) is 16.2. The number of halogens is 1. The number of nitrogens with two attached hydrogens (primary N) is 1.